The van der Waals surface area contributed by atoms with Gasteiger partial charge in [0.25, 0.3) is 5.91 Å². The van der Waals surface area contributed by atoms with Crippen molar-refractivity contribution in [1.29, 1.82) is 0 Å². The van der Waals surface area contributed by atoms with Crippen molar-refractivity contribution in [2.75, 3.05) is 57.9 Å². The SMILES string of the molecule is CCCN(C)c1cc(Cl)nc(SCc2cccc(C(=O)NCCN3CCOCC3)c2)n1. The second-order valence-electron chi connectivity index (χ2n) is 7.45. The molecule has 0 spiro atoms. The van der Waals surface area contributed by atoms with Gasteiger partial charge >= 0.3 is 0 Å². The molecule has 1 aromatic heterocycles. The second-order valence-corrected chi connectivity index (χ2v) is 8.78. The molecular weight excluding hydrogens is 434 g/mol. The Morgan fingerprint density at radius 3 is 2.87 bits per heavy atom. The molecule has 1 aliphatic rings. The number of nitrogens with zero attached hydrogens (tertiary/aromatic N) is 4. The highest BCUT2D eigenvalue weighted by molar-refractivity contribution is 7.98. The summed E-state index contributed by atoms with van der Waals surface area (Å²) in [5.41, 5.74) is 1.70. The van der Waals surface area contributed by atoms with E-state index in [1.165, 1.54) is 11.8 Å². The summed E-state index contributed by atoms with van der Waals surface area (Å²) < 4.78 is 5.35. The topological polar surface area (TPSA) is 70.6 Å². The molecule has 0 atom stereocenters. The zero-order valence-electron chi connectivity index (χ0n) is 18.1. The summed E-state index contributed by atoms with van der Waals surface area (Å²) in [6.07, 6.45) is 1.03. The van der Waals surface area contributed by atoms with Crippen LogP contribution in [0, 0.1) is 0 Å². The van der Waals surface area contributed by atoms with E-state index in [2.05, 4.69) is 32.0 Å². The van der Waals surface area contributed by atoms with E-state index in [1.807, 2.05) is 31.3 Å². The number of halogens is 1. The maximum atomic E-state index is 12.5. The van der Waals surface area contributed by atoms with Crippen LogP contribution in [0.3, 0.4) is 0 Å². The number of hydrogen-bond donors (Lipinski definition) is 1. The normalized spacial score (nSPS) is 14.4. The Morgan fingerprint density at radius 2 is 2.10 bits per heavy atom. The average Bonchev–Trinajstić information content (AvgIpc) is 2.78. The van der Waals surface area contributed by atoms with Gasteiger partial charge in [-0.1, -0.05) is 42.4 Å². The fourth-order valence-electron chi connectivity index (χ4n) is 3.30. The minimum absolute atomic E-state index is 0.0532. The molecule has 1 fully saturated rings. The lowest BCUT2D eigenvalue weighted by atomic mass is 10.1. The molecule has 168 valence electrons. The van der Waals surface area contributed by atoms with E-state index in [0.29, 0.717) is 28.2 Å². The van der Waals surface area contributed by atoms with Crippen molar-refractivity contribution in [3.05, 3.63) is 46.6 Å². The van der Waals surface area contributed by atoms with Crippen LogP contribution in [-0.2, 0) is 10.5 Å². The van der Waals surface area contributed by atoms with E-state index < -0.39 is 0 Å². The van der Waals surface area contributed by atoms with Gasteiger partial charge in [-0.3, -0.25) is 9.69 Å². The predicted octanol–water partition coefficient (Wildman–Crippen LogP) is 3.33. The number of ether oxygens (including phenoxy) is 1. The number of benzene rings is 1. The Bertz CT molecular complexity index is 864. The minimum Gasteiger partial charge on any atom is -0.379 e. The number of anilines is 1. The lowest BCUT2D eigenvalue weighted by molar-refractivity contribution is 0.0383. The van der Waals surface area contributed by atoms with Gasteiger partial charge in [0.2, 0.25) is 0 Å². The largest absolute Gasteiger partial charge is 0.379 e. The van der Waals surface area contributed by atoms with E-state index >= 15 is 0 Å². The molecule has 0 aliphatic carbocycles. The minimum atomic E-state index is -0.0532. The number of thioether (sulfide) groups is 1. The van der Waals surface area contributed by atoms with Crippen molar-refractivity contribution in [1.82, 2.24) is 20.2 Å². The van der Waals surface area contributed by atoms with Crippen molar-refractivity contribution in [3.63, 3.8) is 0 Å². The van der Waals surface area contributed by atoms with Gasteiger partial charge in [0.1, 0.15) is 11.0 Å². The molecule has 2 aromatic rings. The van der Waals surface area contributed by atoms with Gasteiger partial charge in [0, 0.05) is 57.2 Å². The second kappa shape index (κ2) is 12.2. The number of carbonyl (C=O) groups excluding carboxylic acids is 1. The van der Waals surface area contributed by atoms with Crippen molar-refractivity contribution in [3.8, 4) is 0 Å². The predicted molar refractivity (Wildman–Crippen MR) is 126 cm³/mol. The quantitative estimate of drug-likeness (QED) is 0.329. The number of nitrogens with one attached hydrogen (secondary N) is 1. The molecule has 0 radical (unpaired) electrons. The maximum absolute atomic E-state index is 12.5. The summed E-state index contributed by atoms with van der Waals surface area (Å²) in [7, 11) is 2.00. The summed E-state index contributed by atoms with van der Waals surface area (Å²) in [4.78, 5) is 25.8. The molecule has 3 rings (SSSR count). The first-order valence-electron chi connectivity index (χ1n) is 10.6. The molecule has 9 heteroatoms. The maximum Gasteiger partial charge on any atom is 0.251 e. The Labute approximate surface area is 193 Å². The van der Waals surface area contributed by atoms with E-state index in [-0.39, 0.29) is 5.91 Å². The molecule has 0 unspecified atom stereocenters. The summed E-state index contributed by atoms with van der Waals surface area (Å²) in [6.45, 7) is 7.86. The smallest absolute Gasteiger partial charge is 0.251 e. The summed E-state index contributed by atoms with van der Waals surface area (Å²) in [6, 6.07) is 9.46. The van der Waals surface area contributed by atoms with Crippen LogP contribution in [0.25, 0.3) is 0 Å². The first kappa shape index (κ1) is 23.8. The molecule has 1 aromatic carbocycles. The molecular formula is C22H30ClN5O2S. The average molecular weight is 464 g/mol. The number of carbonyl (C=O) groups is 1. The first-order chi connectivity index (χ1) is 15.0. The van der Waals surface area contributed by atoms with Crippen LogP contribution in [-0.4, -0.2) is 73.8 Å². The van der Waals surface area contributed by atoms with Crippen LogP contribution >= 0.6 is 23.4 Å². The number of rotatable bonds is 10. The van der Waals surface area contributed by atoms with Crippen LogP contribution in [0.15, 0.2) is 35.5 Å². The van der Waals surface area contributed by atoms with Crippen LogP contribution in [0.4, 0.5) is 5.82 Å². The summed E-state index contributed by atoms with van der Waals surface area (Å²) in [5.74, 6) is 1.42. The van der Waals surface area contributed by atoms with Gasteiger partial charge in [-0.15, -0.1) is 0 Å². The highest BCUT2D eigenvalue weighted by Crippen LogP contribution is 2.24. The van der Waals surface area contributed by atoms with Gasteiger partial charge < -0.3 is 15.0 Å². The molecule has 0 bridgehead atoms. The van der Waals surface area contributed by atoms with Crippen LogP contribution in [0.2, 0.25) is 5.15 Å². The lowest BCUT2D eigenvalue weighted by Crippen LogP contribution is -2.41. The van der Waals surface area contributed by atoms with Gasteiger partial charge in [-0.25, -0.2) is 9.97 Å². The fourth-order valence-corrected chi connectivity index (χ4v) is 4.32. The third-order valence-corrected chi connectivity index (χ3v) is 6.10. The molecule has 1 aliphatic heterocycles. The van der Waals surface area contributed by atoms with Crippen molar-refractivity contribution in [2.24, 2.45) is 0 Å². The van der Waals surface area contributed by atoms with Gasteiger partial charge in [-0.05, 0) is 24.1 Å². The molecule has 0 saturated carbocycles. The molecule has 1 saturated heterocycles. The third kappa shape index (κ3) is 7.64. The zero-order chi connectivity index (χ0) is 22.1. The van der Waals surface area contributed by atoms with Crippen LogP contribution in [0.1, 0.15) is 29.3 Å². The van der Waals surface area contributed by atoms with Gasteiger partial charge in [0.15, 0.2) is 5.16 Å². The molecule has 1 N–H and O–H groups in total. The number of morpholine rings is 1. The molecule has 2 heterocycles. The lowest BCUT2D eigenvalue weighted by Gasteiger charge is -2.26. The molecule has 1 amide bonds. The number of hydrogen-bond acceptors (Lipinski definition) is 7. The molecule has 7 nitrogen and oxygen atoms in total. The highest BCUT2D eigenvalue weighted by Gasteiger charge is 2.12. The first-order valence-corrected chi connectivity index (χ1v) is 12.0. The Kier molecular flexibility index (Phi) is 9.39. The monoisotopic (exact) mass is 463 g/mol. The van der Waals surface area contributed by atoms with Gasteiger partial charge in [-0.2, -0.15) is 0 Å². The summed E-state index contributed by atoms with van der Waals surface area (Å²) in [5, 5.41) is 4.08. The zero-order valence-corrected chi connectivity index (χ0v) is 19.7. The van der Waals surface area contributed by atoms with E-state index in [0.717, 1.165) is 57.2 Å². The highest BCUT2D eigenvalue weighted by atomic mass is 35.5. The standard InChI is InChI=1S/C22H30ClN5O2S/c1-3-8-27(2)20-15-19(23)25-22(26-20)31-16-17-5-4-6-18(14-17)21(29)24-7-9-28-10-12-30-13-11-28/h4-6,14-15H,3,7-13,16H2,1-2H3,(H,24,29). The van der Waals surface area contributed by atoms with Gasteiger partial charge in [0.05, 0.1) is 13.2 Å². The third-order valence-electron chi connectivity index (χ3n) is 4.99. The van der Waals surface area contributed by atoms with Crippen molar-refractivity contribution < 1.29 is 9.53 Å². The Morgan fingerprint density at radius 1 is 1.29 bits per heavy atom. The Hall–Kier alpha value is -1.87. The van der Waals surface area contributed by atoms with Crippen molar-refractivity contribution >= 4 is 35.1 Å². The molecule has 31 heavy (non-hydrogen) atoms. The Balaban J connectivity index is 1.53. The fraction of sp³-hybridized carbons (Fsp3) is 0.500. The van der Waals surface area contributed by atoms with Crippen LogP contribution < -0.4 is 10.2 Å². The number of amides is 1. The number of aromatic nitrogens is 2. The van der Waals surface area contributed by atoms with Crippen molar-refractivity contribution in [2.45, 2.75) is 24.3 Å². The van der Waals surface area contributed by atoms with Crippen LogP contribution in [0.5, 0.6) is 0 Å². The van der Waals surface area contributed by atoms with E-state index in [4.69, 9.17) is 16.3 Å². The van der Waals surface area contributed by atoms with E-state index in [9.17, 15) is 4.79 Å². The summed E-state index contributed by atoms with van der Waals surface area (Å²) >= 11 is 7.70. The van der Waals surface area contributed by atoms with E-state index in [1.54, 1.807) is 6.07 Å².